The summed E-state index contributed by atoms with van der Waals surface area (Å²) in [6.45, 7) is 0.596. The van der Waals surface area contributed by atoms with Gasteiger partial charge in [0.1, 0.15) is 5.82 Å². The highest BCUT2D eigenvalue weighted by Gasteiger charge is 2.31. The first-order valence-corrected chi connectivity index (χ1v) is 10.3. The zero-order valence-electron chi connectivity index (χ0n) is 15.9. The van der Waals surface area contributed by atoms with E-state index in [1.165, 1.54) is 17.2 Å². The first-order valence-electron chi connectivity index (χ1n) is 9.86. The molecule has 0 radical (unpaired) electrons. The largest absolute Gasteiger partial charge is 0.297 e. The van der Waals surface area contributed by atoms with Gasteiger partial charge >= 0.3 is 0 Å². The molecule has 144 valence electrons. The number of hydrogen-bond donors (Lipinski definition) is 0. The van der Waals surface area contributed by atoms with Crippen molar-refractivity contribution in [3.05, 3.63) is 70.2 Å². The van der Waals surface area contributed by atoms with Crippen LogP contribution in [0.3, 0.4) is 0 Å². The molecule has 1 unspecified atom stereocenters. The maximum atomic E-state index is 14.4. The number of benzene rings is 2. The summed E-state index contributed by atoms with van der Waals surface area (Å²) in [4.78, 5) is 2.30. The van der Waals surface area contributed by atoms with E-state index in [4.69, 9.17) is 17.3 Å². The van der Waals surface area contributed by atoms with Gasteiger partial charge < -0.3 is 0 Å². The molecule has 0 N–H and O–H groups in total. The molecule has 0 saturated heterocycles. The fourth-order valence-corrected chi connectivity index (χ4v) is 4.64. The van der Waals surface area contributed by atoms with Crippen LogP contribution < -0.4 is 0 Å². The van der Waals surface area contributed by atoms with Crippen molar-refractivity contribution in [1.82, 2.24) is 19.2 Å². The van der Waals surface area contributed by atoms with Crippen LogP contribution in [-0.4, -0.2) is 26.3 Å². The zero-order chi connectivity index (χ0) is 19.3. The van der Waals surface area contributed by atoms with Crippen LogP contribution in [0.15, 0.2) is 48.5 Å². The minimum Gasteiger partial charge on any atom is -0.297 e. The molecule has 0 aliphatic heterocycles. The first kappa shape index (κ1) is 17.8. The molecule has 0 bridgehead atoms. The van der Waals surface area contributed by atoms with Gasteiger partial charge in [0.2, 0.25) is 0 Å². The average molecular weight is 395 g/mol. The van der Waals surface area contributed by atoms with Crippen LogP contribution in [0.5, 0.6) is 0 Å². The zero-order valence-corrected chi connectivity index (χ0v) is 16.7. The fraction of sp³-hybridized carbons (Fsp3) is 0.364. The molecule has 0 amide bonds. The van der Waals surface area contributed by atoms with Crippen molar-refractivity contribution in [3.63, 3.8) is 0 Å². The van der Waals surface area contributed by atoms with Crippen molar-refractivity contribution in [2.45, 2.75) is 44.4 Å². The normalized spacial score (nSPS) is 18.6. The minimum atomic E-state index is -0.255. The molecule has 6 heteroatoms. The van der Waals surface area contributed by atoms with Crippen LogP contribution in [-0.2, 0) is 13.1 Å². The van der Waals surface area contributed by atoms with Gasteiger partial charge in [-0.1, -0.05) is 36.4 Å². The van der Waals surface area contributed by atoms with E-state index in [-0.39, 0.29) is 5.82 Å². The van der Waals surface area contributed by atoms with Crippen molar-refractivity contribution in [3.8, 4) is 11.4 Å². The lowest BCUT2D eigenvalue weighted by atomic mass is 10.1. The fourth-order valence-electron chi connectivity index (χ4n) is 4.30. The molecule has 1 fully saturated rings. The molecule has 3 aromatic rings. The van der Waals surface area contributed by atoms with Crippen LogP contribution in [0, 0.1) is 10.6 Å². The number of hydrogen-bond acceptors (Lipinski definition) is 3. The molecule has 2 aliphatic rings. The van der Waals surface area contributed by atoms with Gasteiger partial charge in [0, 0.05) is 12.1 Å². The number of aryl methyl sites for hydroxylation is 1. The monoisotopic (exact) mass is 394 g/mol. The molecule has 1 atom stereocenters. The van der Waals surface area contributed by atoms with Gasteiger partial charge in [-0.05, 0) is 68.2 Å². The molecule has 0 spiro atoms. The third-order valence-corrected chi connectivity index (χ3v) is 6.30. The molecule has 2 aliphatic carbocycles. The molecule has 5 rings (SSSR count). The molecule has 1 aromatic heterocycles. The van der Waals surface area contributed by atoms with Crippen molar-refractivity contribution in [1.29, 1.82) is 0 Å². The van der Waals surface area contributed by atoms with Gasteiger partial charge in [0.25, 0.3) is 0 Å². The summed E-state index contributed by atoms with van der Waals surface area (Å²) < 4.78 is 19.0. The topological polar surface area (TPSA) is 26.0 Å². The van der Waals surface area contributed by atoms with Crippen molar-refractivity contribution >= 4 is 12.2 Å². The van der Waals surface area contributed by atoms with Crippen LogP contribution in [0.25, 0.3) is 11.4 Å². The number of rotatable bonds is 5. The Hall–Kier alpha value is -2.31. The highest BCUT2D eigenvalue weighted by atomic mass is 32.1. The lowest BCUT2D eigenvalue weighted by molar-refractivity contribution is 0.182. The number of halogens is 1. The van der Waals surface area contributed by atoms with Crippen LogP contribution >= 0.6 is 12.2 Å². The molecule has 4 nitrogen and oxygen atoms in total. The van der Waals surface area contributed by atoms with E-state index in [0.29, 0.717) is 34.9 Å². The Balaban J connectivity index is 1.49. The maximum Gasteiger partial charge on any atom is 0.199 e. The Labute approximate surface area is 169 Å². The minimum absolute atomic E-state index is 0.255. The third-order valence-electron chi connectivity index (χ3n) is 5.89. The van der Waals surface area contributed by atoms with Gasteiger partial charge in [-0.15, -0.1) is 0 Å². The van der Waals surface area contributed by atoms with Crippen molar-refractivity contribution in [2.24, 2.45) is 0 Å². The number of nitrogens with zero attached hydrogens (tertiary/aromatic N) is 4. The Morgan fingerprint density at radius 3 is 2.64 bits per heavy atom. The maximum absolute atomic E-state index is 14.4. The second kappa shape index (κ2) is 6.94. The Kier molecular flexibility index (Phi) is 4.40. The van der Waals surface area contributed by atoms with E-state index in [1.54, 1.807) is 12.1 Å². The van der Waals surface area contributed by atoms with E-state index in [0.717, 1.165) is 25.7 Å². The predicted octanol–water partition coefficient (Wildman–Crippen LogP) is 5.13. The molecular weight excluding hydrogens is 371 g/mol. The Bertz CT molecular complexity index is 1080. The second-order valence-corrected chi connectivity index (χ2v) is 8.20. The lowest BCUT2D eigenvalue weighted by Gasteiger charge is -2.24. The lowest BCUT2D eigenvalue weighted by Crippen LogP contribution is -2.26. The summed E-state index contributed by atoms with van der Waals surface area (Å²) in [5.41, 5.74) is 3.35. The number of fused-ring (bicyclic) bond motifs is 1. The summed E-state index contributed by atoms with van der Waals surface area (Å²) in [7, 11) is 2.12. The summed E-state index contributed by atoms with van der Waals surface area (Å²) in [5.74, 6) is 0.389. The third kappa shape index (κ3) is 3.01. The number of aromatic nitrogens is 3. The van der Waals surface area contributed by atoms with E-state index < -0.39 is 0 Å². The van der Waals surface area contributed by atoms with Crippen LogP contribution in [0.2, 0.25) is 0 Å². The molecular formula is C22H23FN4S. The second-order valence-electron chi connectivity index (χ2n) is 7.84. The van der Waals surface area contributed by atoms with Crippen LogP contribution in [0.1, 0.15) is 42.5 Å². The van der Waals surface area contributed by atoms with E-state index in [9.17, 15) is 4.39 Å². The van der Waals surface area contributed by atoms with Gasteiger partial charge in [-0.25, -0.2) is 9.07 Å². The van der Waals surface area contributed by atoms with Gasteiger partial charge in [-0.3, -0.25) is 9.47 Å². The SMILES string of the molecule is CN(Cn1nc(-c2ccccc2F)n(C2CC2)c1=S)C1CCc2ccccc21. The van der Waals surface area contributed by atoms with Gasteiger partial charge in [0.15, 0.2) is 10.6 Å². The van der Waals surface area contributed by atoms with Gasteiger partial charge in [-0.2, -0.15) is 5.10 Å². The molecule has 28 heavy (non-hydrogen) atoms. The smallest absolute Gasteiger partial charge is 0.199 e. The van der Waals surface area contributed by atoms with Crippen molar-refractivity contribution < 1.29 is 4.39 Å². The highest BCUT2D eigenvalue weighted by molar-refractivity contribution is 7.71. The van der Waals surface area contributed by atoms with E-state index in [2.05, 4.69) is 36.2 Å². The van der Waals surface area contributed by atoms with Gasteiger partial charge in [0.05, 0.1) is 12.2 Å². The van der Waals surface area contributed by atoms with E-state index in [1.807, 2.05) is 15.3 Å². The average Bonchev–Trinajstić information content (AvgIpc) is 3.36. The molecule has 1 heterocycles. The summed E-state index contributed by atoms with van der Waals surface area (Å²) in [6.07, 6.45) is 4.36. The molecule has 2 aromatic carbocycles. The van der Waals surface area contributed by atoms with E-state index >= 15 is 0 Å². The summed E-state index contributed by atoms with van der Waals surface area (Å²) >= 11 is 5.76. The van der Waals surface area contributed by atoms with Crippen LogP contribution in [0.4, 0.5) is 4.39 Å². The molecule has 1 saturated carbocycles. The standard InChI is InChI=1S/C22H23FN4S/c1-25(20-13-10-15-6-2-3-7-17(15)20)14-26-22(28)27(16-11-12-16)21(24-26)18-8-4-5-9-19(18)23/h2-9,16,20H,10-14H2,1H3. The highest BCUT2D eigenvalue weighted by Crippen LogP contribution is 2.39. The Morgan fingerprint density at radius 1 is 1.11 bits per heavy atom. The predicted molar refractivity (Wildman–Crippen MR) is 110 cm³/mol. The summed E-state index contributed by atoms with van der Waals surface area (Å²) in [5, 5.41) is 4.76. The first-order chi connectivity index (χ1) is 13.6. The Morgan fingerprint density at radius 2 is 1.86 bits per heavy atom. The quantitative estimate of drug-likeness (QED) is 0.561. The van der Waals surface area contributed by atoms with Crippen molar-refractivity contribution in [2.75, 3.05) is 7.05 Å². The summed E-state index contributed by atoms with van der Waals surface area (Å²) in [6, 6.07) is 16.2.